The van der Waals surface area contributed by atoms with Crippen LogP contribution in [0.1, 0.15) is 56.5 Å². The van der Waals surface area contributed by atoms with Crippen molar-refractivity contribution in [3.8, 4) is 0 Å². The fourth-order valence-corrected chi connectivity index (χ4v) is 2.69. The van der Waals surface area contributed by atoms with Gasteiger partial charge in [0.15, 0.2) is 5.76 Å². The van der Waals surface area contributed by atoms with Crippen LogP contribution in [0.3, 0.4) is 0 Å². The van der Waals surface area contributed by atoms with Crippen molar-refractivity contribution in [1.82, 2.24) is 15.8 Å². The van der Waals surface area contributed by atoms with Crippen LogP contribution >= 0.6 is 0 Å². The summed E-state index contributed by atoms with van der Waals surface area (Å²) in [5.41, 5.74) is 0.544. The van der Waals surface area contributed by atoms with E-state index in [9.17, 15) is 9.90 Å². The Hall–Kier alpha value is -2.34. The molecule has 0 saturated heterocycles. The highest BCUT2D eigenvalue weighted by Gasteiger charge is 2.23. The Morgan fingerprint density at radius 2 is 1.92 bits per heavy atom. The lowest BCUT2D eigenvalue weighted by Crippen LogP contribution is -2.43. The number of carbonyl (C=O) groups is 1. The average molecular weight is 345 g/mol. The first-order chi connectivity index (χ1) is 12.0. The van der Waals surface area contributed by atoms with Gasteiger partial charge in [-0.2, -0.15) is 0 Å². The van der Waals surface area contributed by atoms with Gasteiger partial charge in [0.1, 0.15) is 5.60 Å². The number of carbonyl (C=O) groups excluding carboxylic acids is 1. The Labute approximate surface area is 148 Å². The number of hydrogen-bond donors (Lipinski definition) is 3. The highest BCUT2D eigenvalue weighted by atomic mass is 16.5. The van der Waals surface area contributed by atoms with E-state index >= 15 is 0 Å². The second-order valence-electron chi connectivity index (χ2n) is 6.41. The molecular weight excluding hydrogens is 318 g/mol. The molecule has 0 aliphatic heterocycles. The van der Waals surface area contributed by atoms with Gasteiger partial charge < -0.3 is 20.3 Å². The van der Waals surface area contributed by atoms with Crippen LogP contribution in [0.15, 0.2) is 40.9 Å². The van der Waals surface area contributed by atoms with Gasteiger partial charge in [0.2, 0.25) is 0 Å². The third-order valence-electron chi connectivity index (χ3n) is 4.39. The van der Waals surface area contributed by atoms with Crippen molar-refractivity contribution in [2.75, 3.05) is 6.54 Å². The number of hydrogen-bond acceptors (Lipinski definition) is 4. The molecule has 0 bridgehead atoms. The van der Waals surface area contributed by atoms with E-state index in [-0.39, 0.29) is 19.1 Å². The van der Waals surface area contributed by atoms with Gasteiger partial charge in [-0.05, 0) is 25.3 Å². The maximum atomic E-state index is 12.0. The van der Waals surface area contributed by atoms with E-state index < -0.39 is 5.60 Å². The van der Waals surface area contributed by atoms with Crippen molar-refractivity contribution in [2.45, 2.75) is 51.7 Å². The number of urea groups is 1. The number of benzene rings is 1. The summed E-state index contributed by atoms with van der Waals surface area (Å²) < 4.78 is 5.27. The number of nitrogens with zero attached hydrogens (tertiary/aromatic N) is 1. The lowest BCUT2D eigenvalue weighted by atomic mass is 9.96. The van der Waals surface area contributed by atoms with E-state index in [1.165, 1.54) is 0 Å². The van der Waals surface area contributed by atoms with Crippen LogP contribution in [0.25, 0.3) is 0 Å². The molecule has 0 aliphatic rings. The Balaban J connectivity index is 1.81. The molecule has 6 nitrogen and oxygen atoms in total. The summed E-state index contributed by atoms with van der Waals surface area (Å²) in [6.07, 6.45) is 2.01. The van der Waals surface area contributed by atoms with Gasteiger partial charge in [0.25, 0.3) is 0 Å². The fourth-order valence-electron chi connectivity index (χ4n) is 2.69. The highest BCUT2D eigenvalue weighted by molar-refractivity contribution is 5.73. The Bertz CT molecular complexity index is 664. The van der Waals surface area contributed by atoms with Gasteiger partial charge in [-0.3, -0.25) is 0 Å². The van der Waals surface area contributed by atoms with Crippen molar-refractivity contribution in [3.05, 3.63) is 53.4 Å². The Morgan fingerprint density at radius 1 is 1.24 bits per heavy atom. The van der Waals surface area contributed by atoms with E-state index in [0.29, 0.717) is 11.7 Å². The van der Waals surface area contributed by atoms with E-state index in [2.05, 4.69) is 29.6 Å². The molecule has 3 N–H and O–H groups in total. The second-order valence-corrected chi connectivity index (χ2v) is 6.41. The van der Waals surface area contributed by atoms with Gasteiger partial charge >= 0.3 is 6.03 Å². The van der Waals surface area contributed by atoms with Crippen LogP contribution in [0.2, 0.25) is 0 Å². The Morgan fingerprint density at radius 3 is 2.56 bits per heavy atom. The number of aromatic nitrogens is 1. The minimum absolute atomic E-state index is 0.109. The van der Waals surface area contributed by atoms with Gasteiger partial charge in [-0.15, -0.1) is 0 Å². The highest BCUT2D eigenvalue weighted by Crippen LogP contribution is 2.22. The van der Waals surface area contributed by atoms with Gasteiger partial charge in [0.05, 0.1) is 18.8 Å². The topological polar surface area (TPSA) is 87.4 Å². The smallest absolute Gasteiger partial charge is 0.315 e. The molecule has 1 atom stereocenters. The lowest BCUT2D eigenvalue weighted by Gasteiger charge is -2.24. The molecule has 1 aromatic heterocycles. The van der Waals surface area contributed by atoms with E-state index in [0.717, 1.165) is 24.1 Å². The maximum Gasteiger partial charge on any atom is 0.315 e. The summed E-state index contributed by atoms with van der Waals surface area (Å²) in [7, 11) is 0. The van der Waals surface area contributed by atoms with E-state index in [1.807, 2.05) is 36.4 Å². The van der Waals surface area contributed by atoms with Crippen molar-refractivity contribution < 1.29 is 14.4 Å². The predicted octanol–water partition coefficient (Wildman–Crippen LogP) is 3.29. The first-order valence-electron chi connectivity index (χ1n) is 8.71. The molecule has 1 unspecified atom stereocenters. The molecule has 0 saturated carbocycles. The fraction of sp³-hybridized carbons (Fsp3) is 0.474. The molecule has 0 radical (unpaired) electrons. The monoisotopic (exact) mass is 345 g/mol. The molecule has 1 aromatic carbocycles. The maximum absolute atomic E-state index is 12.0. The average Bonchev–Trinajstić information content (AvgIpc) is 3.09. The molecule has 25 heavy (non-hydrogen) atoms. The SMILES string of the molecule is CCC(CC)c1cc(CNC(=O)NCC(C)(O)c2ccccc2)on1. The summed E-state index contributed by atoms with van der Waals surface area (Å²) >= 11 is 0. The number of amides is 2. The Kier molecular flexibility index (Phi) is 6.58. The summed E-state index contributed by atoms with van der Waals surface area (Å²) in [5, 5.41) is 19.9. The zero-order chi connectivity index (χ0) is 18.3. The number of rotatable bonds is 8. The van der Waals surface area contributed by atoms with Crippen LogP contribution in [0, 0.1) is 0 Å². The van der Waals surface area contributed by atoms with Gasteiger partial charge in [-0.25, -0.2) is 4.79 Å². The number of nitrogens with one attached hydrogen (secondary N) is 2. The minimum Gasteiger partial charge on any atom is -0.384 e. The molecule has 2 aromatic rings. The van der Waals surface area contributed by atoms with Crippen molar-refractivity contribution in [2.24, 2.45) is 0 Å². The zero-order valence-corrected chi connectivity index (χ0v) is 15.1. The number of aliphatic hydroxyl groups is 1. The van der Waals surface area contributed by atoms with Crippen molar-refractivity contribution >= 4 is 6.03 Å². The first kappa shape index (κ1) is 19.0. The molecule has 2 amide bonds. The van der Waals surface area contributed by atoms with Crippen LogP contribution in [0.5, 0.6) is 0 Å². The molecule has 1 heterocycles. The summed E-state index contributed by atoms with van der Waals surface area (Å²) in [6.45, 7) is 6.27. The zero-order valence-electron chi connectivity index (χ0n) is 15.1. The summed E-state index contributed by atoms with van der Waals surface area (Å²) in [6, 6.07) is 10.8. The van der Waals surface area contributed by atoms with Crippen LogP contribution in [0.4, 0.5) is 4.79 Å². The standard InChI is InChI=1S/C19H27N3O3/c1-4-14(5-2)17-11-16(25-22-17)12-20-18(23)21-13-19(3,24)15-9-7-6-8-10-15/h6-11,14,24H,4-5,12-13H2,1-3H3,(H2,20,21,23). The third kappa shape index (κ3) is 5.32. The largest absolute Gasteiger partial charge is 0.384 e. The van der Waals surface area contributed by atoms with Crippen LogP contribution in [-0.4, -0.2) is 22.8 Å². The molecular formula is C19H27N3O3. The van der Waals surface area contributed by atoms with Crippen molar-refractivity contribution in [1.29, 1.82) is 0 Å². The molecule has 0 aliphatic carbocycles. The van der Waals surface area contributed by atoms with Crippen molar-refractivity contribution in [3.63, 3.8) is 0 Å². The molecule has 136 valence electrons. The molecule has 6 heteroatoms. The van der Waals surface area contributed by atoms with Crippen LogP contribution in [-0.2, 0) is 12.1 Å². The van der Waals surface area contributed by atoms with Gasteiger partial charge in [-0.1, -0.05) is 49.3 Å². The lowest BCUT2D eigenvalue weighted by molar-refractivity contribution is 0.0593. The van der Waals surface area contributed by atoms with E-state index in [1.54, 1.807) is 6.92 Å². The quantitative estimate of drug-likeness (QED) is 0.685. The summed E-state index contributed by atoms with van der Waals surface area (Å²) in [4.78, 5) is 12.0. The summed E-state index contributed by atoms with van der Waals surface area (Å²) in [5.74, 6) is 0.999. The first-order valence-corrected chi connectivity index (χ1v) is 8.71. The van der Waals surface area contributed by atoms with Crippen LogP contribution < -0.4 is 10.6 Å². The van der Waals surface area contributed by atoms with Gasteiger partial charge in [0, 0.05) is 12.0 Å². The minimum atomic E-state index is -1.13. The molecule has 0 fully saturated rings. The van der Waals surface area contributed by atoms with E-state index in [4.69, 9.17) is 4.52 Å². The second kappa shape index (κ2) is 8.67. The molecule has 2 rings (SSSR count). The predicted molar refractivity (Wildman–Crippen MR) is 96.1 cm³/mol. The third-order valence-corrected chi connectivity index (χ3v) is 4.39. The molecule has 0 spiro atoms. The normalized spacial score (nSPS) is 13.5.